The van der Waals surface area contributed by atoms with E-state index in [0.717, 1.165) is 36.9 Å². The first-order valence-corrected chi connectivity index (χ1v) is 9.97. The molecule has 0 aliphatic heterocycles. The van der Waals surface area contributed by atoms with Gasteiger partial charge in [0.25, 0.3) is 5.91 Å². The summed E-state index contributed by atoms with van der Waals surface area (Å²) in [6, 6.07) is 14.3. The van der Waals surface area contributed by atoms with Crippen LogP contribution in [0.5, 0.6) is 5.75 Å². The quantitative estimate of drug-likeness (QED) is 0.565. The summed E-state index contributed by atoms with van der Waals surface area (Å²) in [7, 11) is 1.58. The number of nitrogens with zero attached hydrogens (tertiary/aromatic N) is 1. The fourth-order valence-corrected chi connectivity index (χ4v) is 3.41. The lowest BCUT2D eigenvalue weighted by Gasteiger charge is -2.20. The molecule has 3 rings (SSSR count). The average molecular weight is 393 g/mol. The Morgan fingerprint density at radius 1 is 0.931 bits per heavy atom. The number of hydrogen-bond acceptors (Lipinski definition) is 4. The van der Waals surface area contributed by atoms with Gasteiger partial charge in [0.15, 0.2) is 0 Å². The van der Waals surface area contributed by atoms with Crippen LogP contribution in [0, 0.1) is 5.92 Å². The summed E-state index contributed by atoms with van der Waals surface area (Å²) in [5.74, 6) is 0.634. The van der Waals surface area contributed by atoms with Crippen molar-refractivity contribution in [3.63, 3.8) is 0 Å². The van der Waals surface area contributed by atoms with Crippen LogP contribution in [-0.2, 0) is 4.79 Å². The van der Waals surface area contributed by atoms with Gasteiger partial charge in [0.2, 0.25) is 5.91 Å². The fourth-order valence-electron chi connectivity index (χ4n) is 3.41. The Kier molecular flexibility index (Phi) is 7.00. The van der Waals surface area contributed by atoms with Crippen LogP contribution in [0.4, 0.5) is 5.69 Å². The molecule has 0 aromatic heterocycles. The van der Waals surface area contributed by atoms with Gasteiger partial charge in [0.05, 0.1) is 12.8 Å². The first-order valence-electron chi connectivity index (χ1n) is 9.97. The van der Waals surface area contributed by atoms with Gasteiger partial charge in [0, 0.05) is 17.2 Å². The molecule has 0 atom stereocenters. The van der Waals surface area contributed by atoms with Gasteiger partial charge in [-0.3, -0.25) is 9.59 Å². The van der Waals surface area contributed by atoms with Crippen LogP contribution in [0.15, 0.2) is 53.6 Å². The van der Waals surface area contributed by atoms with Crippen molar-refractivity contribution in [2.75, 3.05) is 12.4 Å². The Labute approximate surface area is 171 Å². The van der Waals surface area contributed by atoms with Gasteiger partial charge in [0.1, 0.15) is 5.75 Å². The minimum absolute atomic E-state index is 0.106. The van der Waals surface area contributed by atoms with E-state index in [-0.39, 0.29) is 17.7 Å². The van der Waals surface area contributed by atoms with Crippen molar-refractivity contribution in [3.8, 4) is 5.75 Å². The molecule has 0 saturated heterocycles. The van der Waals surface area contributed by atoms with E-state index in [1.54, 1.807) is 31.4 Å². The second-order valence-electron chi connectivity index (χ2n) is 7.27. The molecule has 6 nitrogen and oxygen atoms in total. The van der Waals surface area contributed by atoms with Gasteiger partial charge in [-0.2, -0.15) is 5.10 Å². The number of anilines is 1. The molecule has 6 heteroatoms. The molecule has 2 aromatic rings. The topological polar surface area (TPSA) is 79.8 Å². The molecule has 0 spiro atoms. The summed E-state index contributed by atoms with van der Waals surface area (Å²) in [6.07, 6.45) is 5.45. The summed E-state index contributed by atoms with van der Waals surface area (Å²) in [5, 5.41) is 7.18. The third-order valence-electron chi connectivity index (χ3n) is 5.22. The maximum absolute atomic E-state index is 12.3. The standard InChI is InChI=1S/C23H27N3O3/c1-16(25-26-23(28)19-10-14-21(29-2)15-11-19)17-8-12-20(13-9-17)24-22(27)18-6-4-3-5-7-18/h8-15,18H,3-7H2,1-2H3,(H,24,27)(H,26,28)/b25-16+. The van der Waals surface area contributed by atoms with Gasteiger partial charge in [-0.15, -0.1) is 0 Å². The van der Waals surface area contributed by atoms with Crippen LogP contribution in [0.25, 0.3) is 0 Å². The molecule has 1 aliphatic carbocycles. The van der Waals surface area contributed by atoms with E-state index in [9.17, 15) is 9.59 Å². The van der Waals surface area contributed by atoms with Crippen LogP contribution in [0.3, 0.4) is 0 Å². The molecular weight excluding hydrogens is 366 g/mol. The van der Waals surface area contributed by atoms with Gasteiger partial charge < -0.3 is 10.1 Å². The van der Waals surface area contributed by atoms with Gasteiger partial charge in [-0.05, 0) is 61.7 Å². The molecule has 2 aromatic carbocycles. The molecule has 2 amide bonds. The van der Waals surface area contributed by atoms with Gasteiger partial charge in [-0.25, -0.2) is 5.43 Å². The first kappa shape index (κ1) is 20.6. The highest BCUT2D eigenvalue weighted by Crippen LogP contribution is 2.25. The van der Waals surface area contributed by atoms with Crippen LogP contribution in [0.1, 0.15) is 54.9 Å². The number of methoxy groups -OCH3 is 1. The lowest BCUT2D eigenvalue weighted by molar-refractivity contribution is -0.120. The van der Waals surface area contributed by atoms with Crippen LogP contribution >= 0.6 is 0 Å². The highest BCUT2D eigenvalue weighted by molar-refractivity contribution is 6.01. The number of hydrogen-bond donors (Lipinski definition) is 2. The summed E-state index contributed by atoms with van der Waals surface area (Å²) in [5.41, 5.74) is 5.39. The van der Waals surface area contributed by atoms with E-state index in [1.807, 2.05) is 31.2 Å². The van der Waals surface area contributed by atoms with Crippen molar-refractivity contribution in [2.45, 2.75) is 39.0 Å². The smallest absolute Gasteiger partial charge is 0.271 e. The maximum atomic E-state index is 12.3. The fraction of sp³-hybridized carbons (Fsp3) is 0.348. The molecular formula is C23H27N3O3. The number of hydrazone groups is 1. The molecule has 0 bridgehead atoms. The Morgan fingerprint density at radius 3 is 2.17 bits per heavy atom. The lowest BCUT2D eigenvalue weighted by Crippen LogP contribution is -2.24. The number of carbonyl (C=O) groups is 2. The van der Waals surface area contributed by atoms with Gasteiger partial charge >= 0.3 is 0 Å². The van der Waals surface area contributed by atoms with E-state index in [2.05, 4.69) is 15.8 Å². The largest absolute Gasteiger partial charge is 0.497 e. The van der Waals surface area contributed by atoms with E-state index in [4.69, 9.17) is 4.74 Å². The molecule has 1 saturated carbocycles. The molecule has 2 N–H and O–H groups in total. The van der Waals surface area contributed by atoms with E-state index >= 15 is 0 Å². The summed E-state index contributed by atoms with van der Waals surface area (Å²) >= 11 is 0. The highest BCUT2D eigenvalue weighted by atomic mass is 16.5. The summed E-state index contributed by atoms with van der Waals surface area (Å²) < 4.78 is 5.09. The monoisotopic (exact) mass is 393 g/mol. The number of rotatable bonds is 6. The van der Waals surface area contributed by atoms with E-state index < -0.39 is 0 Å². The number of ether oxygens (including phenoxy) is 1. The molecule has 0 unspecified atom stereocenters. The Hall–Kier alpha value is -3.15. The SMILES string of the molecule is COc1ccc(C(=O)N/N=C(\C)c2ccc(NC(=O)C3CCCCC3)cc2)cc1. The first-order chi connectivity index (χ1) is 14.1. The van der Waals surface area contributed by atoms with Crippen molar-refractivity contribution in [3.05, 3.63) is 59.7 Å². The highest BCUT2D eigenvalue weighted by Gasteiger charge is 2.20. The third kappa shape index (κ3) is 5.67. The molecule has 0 radical (unpaired) electrons. The molecule has 29 heavy (non-hydrogen) atoms. The Morgan fingerprint density at radius 2 is 1.55 bits per heavy atom. The number of amides is 2. The molecule has 1 aliphatic rings. The van der Waals surface area contributed by atoms with Crippen LogP contribution in [-0.4, -0.2) is 24.6 Å². The number of nitrogens with one attached hydrogen (secondary N) is 2. The van der Waals surface area contributed by atoms with E-state index in [0.29, 0.717) is 17.0 Å². The van der Waals surface area contributed by atoms with E-state index in [1.165, 1.54) is 6.42 Å². The van der Waals surface area contributed by atoms with Crippen molar-refractivity contribution < 1.29 is 14.3 Å². The zero-order chi connectivity index (χ0) is 20.6. The zero-order valence-electron chi connectivity index (χ0n) is 16.9. The second-order valence-corrected chi connectivity index (χ2v) is 7.27. The number of carbonyl (C=O) groups excluding carboxylic acids is 2. The summed E-state index contributed by atoms with van der Waals surface area (Å²) in [6.45, 7) is 1.82. The van der Waals surface area contributed by atoms with Crippen molar-refractivity contribution >= 4 is 23.2 Å². The minimum Gasteiger partial charge on any atom is -0.497 e. The molecule has 0 heterocycles. The minimum atomic E-state index is -0.289. The average Bonchev–Trinajstić information content (AvgIpc) is 2.78. The van der Waals surface area contributed by atoms with Gasteiger partial charge in [-0.1, -0.05) is 31.4 Å². The van der Waals surface area contributed by atoms with Crippen LogP contribution < -0.4 is 15.5 Å². The van der Waals surface area contributed by atoms with Crippen LogP contribution in [0.2, 0.25) is 0 Å². The van der Waals surface area contributed by atoms with Crippen molar-refractivity contribution in [1.29, 1.82) is 0 Å². The predicted octanol–water partition coefficient (Wildman–Crippen LogP) is 4.37. The zero-order valence-corrected chi connectivity index (χ0v) is 16.9. The summed E-state index contributed by atoms with van der Waals surface area (Å²) in [4.78, 5) is 24.5. The van der Waals surface area contributed by atoms with Crippen molar-refractivity contribution in [2.24, 2.45) is 11.0 Å². The lowest BCUT2D eigenvalue weighted by atomic mass is 9.88. The molecule has 1 fully saturated rings. The third-order valence-corrected chi connectivity index (χ3v) is 5.22. The predicted molar refractivity (Wildman–Crippen MR) is 114 cm³/mol. The maximum Gasteiger partial charge on any atom is 0.271 e. The Bertz CT molecular complexity index is 867. The Balaban J connectivity index is 1.56. The second kappa shape index (κ2) is 9.87. The number of benzene rings is 2. The van der Waals surface area contributed by atoms with Crippen molar-refractivity contribution in [1.82, 2.24) is 5.43 Å². The normalized spacial score (nSPS) is 14.9. The molecule has 152 valence electrons.